The maximum Gasteiger partial charge on any atom is 0.203 e. The second-order valence-electron chi connectivity index (χ2n) is 4.57. The van der Waals surface area contributed by atoms with Crippen LogP contribution >= 0.6 is 11.3 Å². The molecule has 0 spiro atoms. The van der Waals surface area contributed by atoms with Gasteiger partial charge in [-0.25, -0.2) is 0 Å². The normalized spacial score (nSPS) is 10.6. The molecule has 1 heterocycles. The highest BCUT2D eigenvalue weighted by atomic mass is 32.1. The molecule has 17 heavy (non-hydrogen) atoms. The second kappa shape index (κ2) is 4.46. The molecule has 0 atom stereocenters. The first-order valence-corrected chi connectivity index (χ1v) is 6.49. The molecule has 1 aromatic heterocycles. The van der Waals surface area contributed by atoms with Crippen LogP contribution in [-0.4, -0.2) is 5.78 Å². The van der Waals surface area contributed by atoms with Crippen LogP contribution in [0.3, 0.4) is 0 Å². The number of hydrogen-bond donors (Lipinski definition) is 0. The summed E-state index contributed by atoms with van der Waals surface area (Å²) in [6.07, 6.45) is 0. The highest BCUT2D eigenvalue weighted by Crippen LogP contribution is 2.24. The first-order valence-electron chi connectivity index (χ1n) is 5.67. The summed E-state index contributed by atoms with van der Waals surface area (Å²) in [6, 6.07) is 8.08. The molecular formula is C15H16OS. The lowest BCUT2D eigenvalue weighted by Gasteiger charge is -2.03. The largest absolute Gasteiger partial charge is 0.288 e. The molecule has 0 saturated carbocycles. The van der Waals surface area contributed by atoms with E-state index < -0.39 is 0 Å². The molecule has 0 aliphatic rings. The summed E-state index contributed by atoms with van der Waals surface area (Å²) in [5, 5.41) is 0. The summed E-state index contributed by atoms with van der Waals surface area (Å²) in [6.45, 7) is 8.09. The van der Waals surface area contributed by atoms with Crippen molar-refractivity contribution >= 4 is 17.1 Å². The Labute approximate surface area is 106 Å². The Bertz CT molecular complexity index is 558. The van der Waals surface area contributed by atoms with Crippen LogP contribution in [0.15, 0.2) is 24.3 Å². The lowest BCUT2D eigenvalue weighted by Crippen LogP contribution is -2.01. The van der Waals surface area contributed by atoms with Crippen molar-refractivity contribution in [2.24, 2.45) is 0 Å². The van der Waals surface area contributed by atoms with Gasteiger partial charge in [-0.2, -0.15) is 0 Å². The van der Waals surface area contributed by atoms with Gasteiger partial charge < -0.3 is 0 Å². The Morgan fingerprint density at radius 1 is 0.941 bits per heavy atom. The van der Waals surface area contributed by atoms with Crippen molar-refractivity contribution in [1.82, 2.24) is 0 Å². The fourth-order valence-corrected chi connectivity index (χ4v) is 3.09. The number of thiophene rings is 1. The molecule has 0 aliphatic carbocycles. The van der Waals surface area contributed by atoms with Gasteiger partial charge in [-0.3, -0.25) is 4.79 Å². The van der Waals surface area contributed by atoms with E-state index in [-0.39, 0.29) is 5.78 Å². The van der Waals surface area contributed by atoms with E-state index in [0.29, 0.717) is 0 Å². The van der Waals surface area contributed by atoms with E-state index in [2.05, 4.69) is 12.1 Å². The average Bonchev–Trinajstić information content (AvgIpc) is 2.55. The number of hydrogen-bond acceptors (Lipinski definition) is 2. The molecule has 0 fully saturated rings. The minimum atomic E-state index is 0.146. The molecule has 1 aromatic carbocycles. The van der Waals surface area contributed by atoms with Crippen molar-refractivity contribution in [3.05, 3.63) is 56.3 Å². The molecule has 1 nitrogen and oxygen atoms in total. The number of carbonyl (C=O) groups is 1. The Morgan fingerprint density at radius 2 is 1.53 bits per heavy atom. The van der Waals surface area contributed by atoms with Gasteiger partial charge in [0.05, 0.1) is 4.88 Å². The van der Waals surface area contributed by atoms with Gasteiger partial charge in [0.1, 0.15) is 0 Å². The van der Waals surface area contributed by atoms with Crippen molar-refractivity contribution in [1.29, 1.82) is 0 Å². The predicted octanol–water partition coefficient (Wildman–Crippen LogP) is 4.21. The molecule has 88 valence electrons. The van der Waals surface area contributed by atoms with Gasteiger partial charge in [0.25, 0.3) is 0 Å². The number of rotatable bonds is 2. The quantitative estimate of drug-likeness (QED) is 0.723. The Morgan fingerprint density at radius 3 is 2.00 bits per heavy atom. The van der Waals surface area contributed by atoms with Crippen molar-refractivity contribution in [2.45, 2.75) is 27.7 Å². The monoisotopic (exact) mass is 244 g/mol. The number of carbonyl (C=O) groups excluding carboxylic acids is 1. The standard InChI is InChI=1S/C15H16OS/c1-9-5-10(2)7-13(6-9)14(16)15-11(3)8-12(4)17-15/h5-8H,1-4H3. The Kier molecular flexibility index (Phi) is 3.16. The predicted molar refractivity (Wildman–Crippen MR) is 73.1 cm³/mol. The number of ketones is 1. The topological polar surface area (TPSA) is 17.1 Å². The molecular weight excluding hydrogens is 228 g/mol. The molecule has 0 amide bonds. The molecule has 0 unspecified atom stereocenters. The van der Waals surface area contributed by atoms with Gasteiger partial charge in [-0.15, -0.1) is 11.3 Å². The minimum absolute atomic E-state index is 0.146. The first kappa shape index (κ1) is 12.1. The van der Waals surface area contributed by atoms with Gasteiger partial charge in [-0.05, 0) is 51.5 Å². The third-order valence-electron chi connectivity index (χ3n) is 2.73. The molecule has 0 N–H and O–H groups in total. The van der Waals surface area contributed by atoms with Crippen molar-refractivity contribution in [3.63, 3.8) is 0 Å². The van der Waals surface area contributed by atoms with Crippen molar-refractivity contribution in [2.75, 3.05) is 0 Å². The smallest absolute Gasteiger partial charge is 0.203 e. The average molecular weight is 244 g/mol. The summed E-state index contributed by atoms with van der Waals surface area (Å²) in [4.78, 5) is 14.5. The molecule has 0 radical (unpaired) electrons. The molecule has 2 heteroatoms. The Balaban J connectivity index is 2.47. The SMILES string of the molecule is Cc1cc(C)cc(C(=O)c2sc(C)cc2C)c1. The third kappa shape index (κ3) is 2.47. The number of aryl methyl sites for hydroxylation is 4. The van der Waals surface area contributed by atoms with E-state index in [1.807, 2.05) is 39.8 Å². The van der Waals surface area contributed by atoms with E-state index in [4.69, 9.17) is 0 Å². The first-order chi connectivity index (χ1) is 7.97. The lowest BCUT2D eigenvalue weighted by atomic mass is 10.0. The zero-order valence-corrected chi connectivity index (χ0v) is 11.4. The molecule has 0 saturated heterocycles. The second-order valence-corrected chi connectivity index (χ2v) is 5.83. The zero-order chi connectivity index (χ0) is 12.6. The fraction of sp³-hybridized carbons (Fsp3) is 0.267. The van der Waals surface area contributed by atoms with Gasteiger partial charge in [0.2, 0.25) is 5.78 Å². The van der Waals surface area contributed by atoms with Crippen LogP contribution in [0.1, 0.15) is 36.8 Å². The van der Waals surface area contributed by atoms with Gasteiger partial charge in [0, 0.05) is 10.4 Å². The summed E-state index contributed by atoms with van der Waals surface area (Å²) in [5.74, 6) is 0.146. The van der Waals surface area contributed by atoms with Crippen molar-refractivity contribution < 1.29 is 4.79 Å². The third-order valence-corrected chi connectivity index (χ3v) is 3.88. The minimum Gasteiger partial charge on any atom is -0.288 e. The van der Waals surface area contributed by atoms with Gasteiger partial charge in [0.15, 0.2) is 0 Å². The van der Waals surface area contributed by atoms with Crippen LogP contribution < -0.4 is 0 Å². The highest BCUT2D eigenvalue weighted by Gasteiger charge is 2.14. The summed E-state index contributed by atoms with van der Waals surface area (Å²) >= 11 is 1.58. The lowest BCUT2D eigenvalue weighted by molar-refractivity contribution is 0.104. The van der Waals surface area contributed by atoms with E-state index in [1.54, 1.807) is 11.3 Å². The molecule has 0 bridgehead atoms. The van der Waals surface area contributed by atoms with Crippen LogP contribution in [-0.2, 0) is 0 Å². The molecule has 0 aliphatic heterocycles. The molecule has 2 rings (SSSR count). The van der Waals surface area contributed by atoms with Crippen molar-refractivity contribution in [3.8, 4) is 0 Å². The van der Waals surface area contributed by atoms with E-state index in [0.717, 1.165) is 27.1 Å². The maximum atomic E-state index is 12.4. The van der Waals surface area contributed by atoms with E-state index >= 15 is 0 Å². The van der Waals surface area contributed by atoms with Gasteiger partial charge >= 0.3 is 0 Å². The molecule has 2 aromatic rings. The van der Waals surface area contributed by atoms with E-state index in [9.17, 15) is 4.79 Å². The van der Waals surface area contributed by atoms with Crippen LogP contribution in [0.5, 0.6) is 0 Å². The van der Waals surface area contributed by atoms with E-state index in [1.165, 1.54) is 4.88 Å². The summed E-state index contributed by atoms with van der Waals surface area (Å²) in [7, 11) is 0. The summed E-state index contributed by atoms with van der Waals surface area (Å²) in [5.41, 5.74) is 4.16. The van der Waals surface area contributed by atoms with Crippen LogP contribution in [0.4, 0.5) is 0 Å². The van der Waals surface area contributed by atoms with Gasteiger partial charge in [-0.1, -0.05) is 17.2 Å². The number of benzene rings is 1. The fourth-order valence-electron chi connectivity index (χ4n) is 2.10. The Hall–Kier alpha value is -1.41. The van der Waals surface area contributed by atoms with Crippen LogP contribution in [0, 0.1) is 27.7 Å². The van der Waals surface area contributed by atoms with Crippen LogP contribution in [0.2, 0.25) is 0 Å². The maximum absolute atomic E-state index is 12.4. The highest BCUT2D eigenvalue weighted by molar-refractivity contribution is 7.14. The summed E-state index contributed by atoms with van der Waals surface area (Å²) < 4.78 is 0. The zero-order valence-electron chi connectivity index (χ0n) is 10.6. The van der Waals surface area contributed by atoms with Crippen LogP contribution in [0.25, 0.3) is 0 Å².